The molecule has 0 amide bonds. The number of rotatable bonds is 8. The van der Waals surface area contributed by atoms with Gasteiger partial charge in [-0.25, -0.2) is 0 Å². The number of hydrogen-bond donors (Lipinski definition) is 0. The van der Waals surface area contributed by atoms with Crippen molar-refractivity contribution >= 4 is 0 Å². The van der Waals surface area contributed by atoms with Crippen LogP contribution in [-0.2, 0) is 9.47 Å². The van der Waals surface area contributed by atoms with Crippen molar-refractivity contribution < 1.29 is 19.3 Å². The van der Waals surface area contributed by atoms with E-state index in [1.807, 2.05) is 0 Å². The molecule has 0 radical (unpaired) electrons. The van der Waals surface area contributed by atoms with E-state index in [1.54, 1.807) is 0 Å². The Labute approximate surface area is 73.7 Å². The van der Waals surface area contributed by atoms with Crippen molar-refractivity contribution in [2.45, 2.75) is 0 Å². The first-order chi connectivity index (χ1) is 6.13. The summed E-state index contributed by atoms with van der Waals surface area (Å²) in [5.41, 5.74) is 0. The molecule has 0 atom stereocenters. The van der Waals surface area contributed by atoms with Gasteiger partial charge in [0.05, 0.1) is 0 Å². The van der Waals surface area contributed by atoms with E-state index in [1.165, 1.54) is 0 Å². The first-order valence-corrected chi connectivity index (χ1v) is 3.52. The Morgan fingerprint density at radius 3 is 1.62 bits per heavy atom. The quantitative estimate of drug-likeness (QED) is 0.224. The van der Waals surface area contributed by atoms with Gasteiger partial charge < -0.3 is 9.47 Å². The Balaban J connectivity index is 3.00. The molecule has 76 valence electrons. The van der Waals surface area contributed by atoms with E-state index in [9.17, 15) is 20.2 Å². The summed E-state index contributed by atoms with van der Waals surface area (Å²) in [5, 5.41) is 19.5. The van der Waals surface area contributed by atoms with Gasteiger partial charge in [-0.15, -0.1) is 0 Å². The zero-order valence-electron chi connectivity index (χ0n) is 6.88. The molecule has 0 saturated heterocycles. The second-order valence-corrected chi connectivity index (χ2v) is 2.05. The Bertz CT molecular complexity index is 154. The second-order valence-electron chi connectivity index (χ2n) is 2.05. The third-order valence-corrected chi connectivity index (χ3v) is 1.00. The van der Waals surface area contributed by atoms with Crippen LogP contribution in [0.2, 0.25) is 0 Å². The summed E-state index contributed by atoms with van der Waals surface area (Å²) in [4.78, 5) is 18.5. The van der Waals surface area contributed by atoms with Crippen LogP contribution in [0.15, 0.2) is 0 Å². The molecule has 0 bridgehead atoms. The highest BCUT2D eigenvalue weighted by Crippen LogP contribution is 1.80. The van der Waals surface area contributed by atoms with Gasteiger partial charge in [-0.2, -0.15) is 0 Å². The third kappa shape index (κ3) is 10.7. The summed E-state index contributed by atoms with van der Waals surface area (Å²) >= 11 is 0. The van der Waals surface area contributed by atoms with Crippen LogP contribution in [0, 0.1) is 20.2 Å². The normalized spacial score (nSPS) is 9.85. The molecule has 0 aliphatic rings. The molecule has 0 fully saturated rings. The van der Waals surface area contributed by atoms with Crippen molar-refractivity contribution in [3.05, 3.63) is 20.2 Å². The lowest BCUT2D eigenvalue weighted by atomic mass is 10.7. The molecule has 8 nitrogen and oxygen atoms in total. The van der Waals surface area contributed by atoms with Gasteiger partial charge in [0.25, 0.3) is 0 Å². The van der Waals surface area contributed by atoms with Gasteiger partial charge in [0, 0.05) is 9.85 Å². The fraction of sp³-hybridized carbons (Fsp3) is 1.00. The number of hydrogen-bond acceptors (Lipinski definition) is 6. The Kier molecular flexibility index (Phi) is 6.65. The van der Waals surface area contributed by atoms with E-state index in [0.29, 0.717) is 0 Å². The van der Waals surface area contributed by atoms with Gasteiger partial charge in [0.2, 0.25) is 13.1 Å². The molecule has 0 aromatic rings. The van der Waals surface area contributed by atoms with Crippen LogP contribution in [0.4, 0.5) is 0 Å². The van der Waals surface area contributed by atoms with Crippen LogP contribution in [0.5, 0.6) is 0 Å². The zero-order valence-corrected chi connectivity index (χ0v) is 6.88. The molecule has 0 saturated carbocycles. The molecule has 0 rings (SSSR count). The third-order valence-electron chi connectivity index (χ3n) is 1.00. The van der Waals surface area contributed by atoms with Crippen LogP contribution in [0.25, 0.3) is 0 Å². The van der Waals surface area contributed by atoms with Crippen molar-refractivity contribution in [3.63, 3.8) is 0 Å². The molecule has 0 aliphatic heterocycles. The minimum absolute atomic E-state index is 0.0501. The summed E-state index contributed by atoms with van der Waals surface area (Å²) in [7, 11) is 0. The maximum atomic E-state index is 9.77. The van der Waals surface area contributed by atoms with Gasteiger partial charge in [0.15, 0.2) is 0 Å². The molecule has 0 spiro atoms. The van der Waals surface area contributed by atoms with Gasteiger partial charge in [-0.3, -0.25) is 20.2 Å². The average molecular weight is 194 g/mol. The van der Waals surface area contributed by atoms with E-state index in [0.717, 1.165) is 0 Å². The lowest BCUT2D eigenvalue weighted by Crippen LogP contribution is -2.14. The SMILES string of the molecule is O=[N+]([O-])CCOCOCC[N+](=O)[O-]. The van der Waals surface area contributed by atoms with Crippen LogP contribution in [-0.4, -0.2) is 42.9 Å². The Morgan fingerprint density at radius 2 is 1.31 bits per heavy atom. The van der Waals surface area contributed by atoms with E-state index in [2.05, 4.69) is 9.47 Å². The van der Waals surface area contributed by atoms with E-state index in [4.69, 9.17) is 0 Å². The van der Waals surface area contributed by atoms with Crippen LogP contribution in [0.3, 0.4) is 0 Å². The van der Waals surface area contributed by atoms with Crippen LogP contribution in [0.1, 0.15) is 0 Å². The zero-order chi connectivity index (χ0) is 10.1. The molecule has 13 heavy (non-hydrogen) atoms. The van der Waals surface area contributed by atoms with E-state index < -0.39 is 9.85 Å². The summed E-state index contributed by atoms with van der Waals surface area (Å²) in [6.07, 6.45) is 0. The maximum absolute atomic E-state index is 9.77. The topological polar surface area (TPSA) is 105 Å². The van der Waals surface area contributed by atoms with Gasteiger partial charge >= 0.3 is 0 Å². The van der Waals surface area contributed by atoms with Crippen LogP contribution < -0.4 is 0 Å². The lowest BCUT2D eigenvalue weighted by molar-refractivity contribution is -0.487. The van der Waals surface area contributed by atoms with Crippen molar-refractivity contribution in [1.29, 1.82) is 0 Å². The molecular formula is C5H10N2O6. The molecule has 0 aromatic heterocycles. The highest BCUT2D eigenvalue weighted by molar-refractivity contribution is 4.26. The highest BCUT2D eigenvalue weighted by Gasteiger charge is 1.98. The highest BCUT2D eigenvalue weighted by atomic mass is 16.7. The molecule has 0 heterocycles. The summed E-state index contributed by atoms with van der Waals surface area (Å²) in [6, 6.07) is 0. The summed E-state index contributed by atoms with van der Waals surface area (Å²) < 4.78 is 9.28. The fourth-order valence-electron chi connectivity index (χ4n) is 0.455. The first kappa shape index (κ1) is 11.7. The van der Waals surface area contributed by atoms with Gasteiger partial charge in [-0.1, -0.05) is 0 Å². The standard InChI is InChI=1S/C5H10N2O6/c8-6(9)1-3-12-5-13-4-2-7(10)11/h1-5H2. The Hall–Kier alpha value is -1.28. The van der Waals surface area contributed by atoms with E-state index in [-0.39, 0.29) is 33.1 Å². The number of ether oxygens (including phenoxy) is 2. The number of nitro groups is 2. The van der Waals surface area contributed by atoms with Crippen molar-refractivity contribution in [1.82, 2.24) is 0 Å². The van der Waals surface area contributed by atoms with E-state index >= 15 is 0 Å². The Morgan fingerprint density at radius 1 is 0.923 bits per heavy atom. The van der Waals surface area contributed by atoms with Crippen molar-refractivity contribution in [2.75, 3.05) is 33.1 Å². The molecule has 0 unspecified atom stereocenters. The molecule has 0 aromatic carbocycles. The van der Waals surface area contributed by atoms with Crippen molar-refractivity contribution in [2.24, 2.45) is 0 Å². The smallest absolute Gasteiger partial charge is 0.227 e. The minimum atomic E-state index is -0.517. The monoisotopic (exact) mass is 194 g/mol. The lowest BCUT2D eigenvalue weighted by Gasteiger charge is -2.00. The first-order valence-electron chi connectivity index (χ1n) is 3.52. The average Bonchev–Trinajstić information content (AvgIpc) is 2.01. The number of nitrogens with zero attached hydrogens (tertiary/aromatic N) is 2. The minimum Gasteiger partial charge on any atom is -0.349 e. The maximum Gasteiger partial charge on any atom is 0.227 e. The molecular weight excluding hydrogens is 184 g/mol. The summed E-state index contributed by atoms with van der Waals surface area (Å²) in [6.45, 7) is -0.837. The molecule has 0 N–H and O–H groups in total. The molecule has 0 aliphatic carbocycles. The van der Waals surface area contributed by atoms with Crippen LogP contribution >= 0.6 is 0 Å². The fourth-order valence-corrected chi connectivity index (χ4v) is 0.455. The van der Waals surface area contributed by atoms with Gasteiger partial charge in [-0.05, 0) is 0 Å². The predicted molar refractivity (Wildman–Crippen MR) is 40.5 cm³/mol. The van der Waals surface area contributed by atoms with Crippen molar-refractivity contribution in [3.8, 4) is 0 Å². The largest absolute Gasteiger partial charge is 0.349 e. The summed E-state index contributed by atoms with van der Waals surface area (Å²) in [5.74, 6) is 0. The molecule has 8 heteroatoms. The van der Waals surface area contributed by atoms with Gasteiger partial charge in [0.1, 0.15) is 20.0 Å². The second kappa shape index (κ2) is 7.37. The predicted octanol–water partition coefficient (Wildman–Crippen LogP) is -0.470.